The smallest absolute Gasteiger partial charge is 0.226 e. The van der Waals surface area contributed by atoms with E-state index in [0.717, 1.165) is 50.3 Å². The molecule has 0 spiro atoms. The van der Waals surface area contributed by atoms with Crippen molar-refractivity contribution in [2.75, 3.05) is 31.1 Å². The van der Waals surface area contributed by atoms with Crippen molar-refractivity contribution in [3.63, 3.8) is 0 Å². The molecule has 4 heteroatoms. The summed E-state index contributed by atoms with van der Waals surface area (Å²) in [5, 5.41) is 0. The van der Waals surface area contributed by atoms with Gasteiger partial charge in [-0.1, -0.05) is 37.3 Å². The van der Waals surface area contributed by atoms with E-state index >= 15 is 0 Å². The van der Waals surface area contributed by atoms with Gasteiger partial charge in [0, 0.05) is 37.8 Å². The minimum Gasteiger partial charge on any atom is -0.494 e. The summed E-state index contributed by atoms with van der Waals surface area (Å²) in [4.78, 5) is 17.2. The Morgan fingerprint density at radius 2 is 1.71 bits per heavy atom. The summed E-state index contributed by atoms with van der Waals surface area (Å²) in [6.07, 6.45) is 3.66. The van der Waals surface area contributed by atoms with Gasteiger partial charge in [-0.15, -0.1) is 0 Å². The summed E-state index contributed by atoms with van der Waals surface area (Å²) in [5.41, 5.74) is 2.37. The van der Waals surface area contributed by atoms with Gasteiger partial charge in [-0.3, -0.25) is 4.79 Å². The zero-order valence-corrected chi connectivity index (χ0v) is 17.1. The van der Waals surface area contributed by atoms with Crippen molar-refractivity contribution < 1.29 is 9.53 Å². The minimum atomic E-state index is 0.201. The van der Waals surface area contributed by atoms with Crippen molar-refractivity contribution in [3.05, 3.63) is 60.2 Å². The fourth-order valence-corrected chi connectivity index (χ4v) is 3.93. The Morgan fingerprint density at radius 3 is 2.32 bits per heavy atom. The van der Waals surface area contributed by atoms with Crippen LogP contribution in [-0.4, -0.2) is 43.1 Å². The number of hydrogen-bond acceptors (Lipinski definition) is 3. The Bertz CT molecular complexity index is 722. The van der Waals surface area contributed by atoms with E-state index in [2.05, 4.69) is 35.2 Å². The molecular formula is C24H32N2O2. The minimum absolute atomic E-state index is 0.201. The number of carbonyl (C=O) groups excluding carboxylic acids is 1. The summed E-state index contributed by atoms with van der Waals surface area (Å²) < 4.78 is 5.54. The highest BCUT2D eigenvalue weighted by molar-refractivity contribution is 5.93. The molecule has 0 radical (unpaired) electrons. The molecule has 0 atom stereocenters. The SMILES string of the molecule is CCOc1ccc(N(C(=O)CC)C2CCN(CCc3ccccc3)CC2)cc1. The quantitative estimate of drug-likeness (QED) is 0.674. The maximum atomic E-state index is 12.7. The lowest BCUT2D eigenvalue weighted by atomic mass is 10.0. The lowest BCUT2D eigenvalue weighted by Gasteiger charge is -2.38. The van der Waals surface area contributed by atoms with Crippen molar-refractivity contribution in [1.82, 2.24) is 4.90 Å². The fourth-order valence-electron chi connectivity index (χ4n) is 3.93. The summed E-state index contributed by atoms with van der Waals surface area (Å²) in [7, 11) is 0. The molecule has 1 aliphatic heterocycles. The molecule has 1 saturated heterocycles. The fraction of sp³-hybridized carbons (Fsp3) is 0.458. The molecule has 0 N–H and O–H groups in total. The van der Waals surface area contributed by atoms with Crippen LogP contribution in [0.3, 0.4) is 0 Å². The van der Waals surface area contributed by atoms with Gasteiger partial charge in [-0.2, -0.15) is 0 Å². The first kappa shape index (κ1) is 20.4. The lowest BCUT2D eigenvalue weighted by Crippen LogP contribution is -2.47. The van der Waals surface area contributed by atoms with Crippen LogP contribution in [0.2, 0.25) is 0 Å². The highest BCUT2D eigenvalue weighted by Crippen LogP contribution is 2.27. The van der Waals surface area contributed by atoms with E-state index in [1.807, 2.05) is 43.0 Å². The molecule has 0 unspecified atom stereocenters. The van der Waals surface area contributed by atoms with Crippen LogP contribution in [0.5, 0.6) is 5.75 Å². The Labute approximate surface area is 169 Å². The Hall–Kier alpha value is -2.33. The third kappa shape index (κ3) is 5.35. The van der Waals surface area contributed by atoms with Crippen LogP contribution in [-0.2, 0) is 11.2 Å². The van der Waals surface area contributed by atoms with Crippen LogP contribution in [0.4, 0.5) is 5.69 Å². The van der Waals surface area contributed by atoms with Crippen molar-refractivity contribution in [2.45, 2.75) is 45.6 Å². The van der Waals surface area contributed by atoms with Crippen LogP contribution >= 0.6 is 0 Å². The normalized spacial score (nSPS) is 15.4. The number of ether oxygens (including phenoxy) is 1. The van der Waals surface area contributed by atoms with E-state index in [-0.39, 0.29) is 11.9 Å². The first-order chi connectivity index (χ1) is 13.7. The number of hydrogen-bond donors (Lipinski definition) is 0. The van der Waals surface area contributed by atoms with Gasteiger partial charge >= 0.3 is 0 Å². The Balaban J connectivity index is 1.59. The van der Waals surface area contributed by atoms with Gasteiger partial charge in [0.15, 0.2) is 0 Å². The molecule has 1 fully saturated rings. The van der Waals surface area contributed by atoms with Crippen LogP contribution in [0.15, 0.2) is 54.6 Å². The molecule has 150 valence electrons. The molecule has 3 rings (SSSR count). The topological polar surface area (TPSA) is 32.8 Å². The maximum Gasteiger partial charge on any atom is 0.226 e. The molecule has 4 nitrogen and oxygen atoms in total. The number of amides is 1. The number of benzene rings is 2. The van der Waals surface area contributed by atoms with Crippen molar-refractivity contribution in [2.24, 2.45) is 0 Å². The second-order valence-corrected chi connectivity index (χ2v) is 7.35. The van der Waals surface area contributed by atoms with Crippen molar-refractivity contribution in [3.8, 4) is 5.75 Å². The van der Waals surface area contributed by atoms with Crippen molar-refractivity contribution in [1.29, 1.82) is 0 Å². The van der Waals surface area contributed by atoms with Gasteiger partial charge < -0.3 is 14.5 Å². The molecule has 2 aromatic rings. The molecule has 1 aliphatic rings. The third-order valence-electron chi connectivity index (χ3n) is 5.48. The van der Waals surface area contributed by atoms with Gasteiger partial charge in [0.2, 0.25) is 5.91 Å². The third-order valence-corrected chi connectivity index (χ3v) is 5.48. The zero-order valence-electron chi connectivity index (χ0n) is 17.1. The highest BCUT2D eigenvalue weighted by atomic mass is 16.5. The molecule has 2 aromatic carbocycles. The summed E-state index contributed by atoms with van der Waals surface area (Å²) in [5.74, 6) is 1.05. The molecule has 0 bridgehead atoms. The number of piperidine rings is 1. The first-order valence-electron chi connectivity index (χ1n) is 10.5. The maximum absolute atomic E-state index is 12.7. The number of rotatable bonds is 8. The lowest BCUT2D eigenvalue weighted by molar-refractivity contribution is -0.119. The molecule has 0 saturated carbocycles. The second-order valence-electron chi connectivity index (χ2n) is 7.35. The second kappa shape index (κ2) is 10.3. The van der Waals surface area contributed by atoms with Gasteiger partial charge in [-0.25, -0.2) is 0 Å². The molecular weight excluding hydrogens is 348 g/mol. The van der Waals surface area contributed by atoms with Gasteiger partial charge in [0.25, 0.3) is 0 Å². The van der Waals surface area contributed by atoms with E-state index in [1.165, 1.54) is 5.56 Å². The van der Waals surface area contributed by atoms with Crippen LogP contribution in [0.1, 0.15) is 38.7 Å². The van der Waals surface area contributed by atoms with E-state index in [1.54, 1.807) is 0 Å². The predicted molar refractivity (Wildman–Crippen MR) is 115 cm³/mol. The molecule has 1 heterocycles. The standard InChI is InChI=1S/C24H32N2O2/c1-3-24(27)26(21-10-12-23(13-11-21)28-4-2)22-15-18-25(19-16-22)17-14-20-8-6-5-7-9-20/h5-13,22H,3-4,14-19H2,1-2H3. The Kier molecular flexibility index (Phi) is 7.49. The predicted octanol–water partition coefficient (Wildman–Crippen LogP) is 4.54. The molecule has 28 heavy (non-hydrogen) atoms. The number of likely N-dealkylation sites (tertiary alicyclic amines) is 1. The molecule has 1 amide bonds. The first-order valence-corrected chi connectivity index (χ1v) is 10.5. The van der Waals surface area contributed by atoms with Crippen LogP contribution in [0.25, 0.3) is 0 Å². The summed E-state index contributed by atoms with van der Waals surface area (Å²) in [6, 6.07) is 18.9. The average molecular weight is 381 g/mol. The largest absolute Gasteiger partial charge is 0.494 e. The number of carbonyl (C=O) groups is 1. The van der Waals surface area contributed by atoms with Gasteiger partial charge in [0.1, 0.15) is 5.75 Å². The van der Waals surface area contributed by atoms with E-state index in [0.29, 0.717) is 13.0 Å². The van der Waals surface area contributed by atoms with Crippen molar-refractivity contribution >= 4 is 11.6 Å². The van der Waals surface area contributed by atoms with E-state index in [4.69, 9.17) is 4.74 Å². The zero-order chi connectivity index (χ0) is 19.8. The van der Waals surface area contributed by atoms with E-state index in [9.17, 15) is 4.79 Å². The van der Waals surface area contributed by atoms with Crippen LogP contribution < -0.4 is 9.64 Å². The highest BCUT2D eigenvalue weighted by Gasteiger charge is 2.28. The average Bonchev–Trinajstić information content (AvgIpc) is 2.75. The molecule has 0 aliphatic carbocycles. The Morgan fingerprint density at radius 1 is 1.04 bits per heavy atom. The summed E-state index contributed by atoms with van der Waals surface area (Å²) in [6.45, 7) is 7.75. The van der Waals surface area contributed by atoms with Crippen LogP contribution in [0, 0.1) is 0 Å². The van der Waals surface area contributed by atoms with E-state index < -0.39 is 0 Å². The monoisotopic (exact) mass is 380 g/mol. The molecule has 0 aromatic heterocycles. The summed E-state index contributed by atoms with van der Waals surface area (Å²) >= 11 is 0. The van der Waals surface area contributed by atoms with Gasteiger partial charge in [0.05, 0.1) is 6.61 Å². The van der Waals surface area contributed by atoms with Gasteiger partial charge in [-0.05, 0) is 56.0 Å². The number of nitrogens with zero attached hydrogens (tertiary/aromatic N) is 2. The number of anilines is 1.